The Bertz CT molecular complexity index is 1240. The number of pyridine rings is 1. The number of rotatable bonds is 7. The highest BCUT2D eigenvalue weighted by Gasteiger charge is 2.41. The van der Waals surface area contributed by atoms with Gasteiger partial charge in [0.1, 0.15) is 12.7 Å². The van der Waals surface area contributed by atoms with Gasteiger partial charge in [-0.25, -0.2) is 9.59 Å². The predicted molar refractivity (Wildman–Crippen MR) is 118 cm³/mol. The van der Waals surface area contributed by atoms with E-state index in [4.69, 9.17) is 14.2 Å². The smallest absolute Gasteiger partial charge is 0.338 e. The molecule has 0 bridgehead atoms. The van der Waals surface area contributed by atoms with E-state index < -0.39 is 40.9 Å². The molecule has 0 spiro atoms. The van der Waals surface area contributed by atoms with Crippen molar-refractivity contribution in [2.24, 2.45) is 0 Å². The molecule has 1 aromatic heterocycles. The van der Waals surface area contributed by atoms with E-state index in [0.717, 1.165) is 22.9 Å². The molecular weight excluding hydrogens is 444 g/mol. The van der Waals surface area contributed by atoms with E-state index in [1.54, 1.807) is 60.7 Å². The Kier molecular flexibility index (Phi) is 6.79. The summed E-state index contributed by atoms with van der Waals surface area (Å²) in [5.41, 5.74) is -0.237. The molecule has 2 aromatic carbocycles. The zero-order chi connectivity index (χ0) is 24.1. The van der Waals surface area contributed by atoms with Gasteiger partial charge in [-0.1, -0.05) is 36.4 Å². The van der Waals surface area contributed by atoms with Crippen molar-refractivity contribution in [1.82, 2.24) is 4.57 Å². The normalized spacial score (nSPS) is 19.4. The third-order valence-corrected chi connectivity index (χ3v) is 5.23. The van der Waals surface area contributed by atoms with E-state index in [1.165, 1.54) is 0 Å². The van der Waals surface area contributed by atoms with Crippen LogP contribution < -0.4 is 5.56 Å². The van der Waals surface area contributed by atoms with Crippen LogP contribution in [0.4, 0.5) is 5.69 Å². The van der Waals surface area contributed by atoms with Crippen LogP contribution in [0.25, 0.3) is 0 Å². The molecule has 2 heterocycles. The number of hydrogen-bond acceptors (Lipinski definition) is 8. The number of nitro groups is 1. The minimum atomic E-state index is -1.14. The molecule has 0 amide bonds. The summed E-state index contributed by atoms with van der Waals surface area (Å²) < 4.78 is 17.8. The molecule has 1 saturated heterocycles. The summed E-state index contributed by atoms with van der Waals surface area (Å²) in [6.45, 7) is -0.159. The highest BCUT2D eigenvalue weighted by atomic mass is 16.6. The van der Waals surface area contributed by atoms with Crippen LogP contribution in [-0.4, -0.2) is 40.2 Å². The third-order valence-electron chi connectivity index (χ3n) is 5.23. The Morgan fingerprint density at radius 2 is 1.59 bits per heavy atom. The van der Waals surface area contributed by atoms with Gasteiger partial charge in [0.25, 0.3) is 11.2 Å². The summed E-state index contributed by atoms with van der Waals surface area (Å²) in [4.78, 5) is 48.0. The number of ether oxygens (including phenoxy) is 3. The van der Waals surface area contributed by atoms with Gasteiger partial charge in [0.2, 0.25) is 0 Å². The number of carbonyl (C=O) groups is 2. The molecule has 34 heavy (non-hydrogen) atoms. The molecular formula is C24H20N2O8. The van der Waals surface area contributed by atoms with E-state index in [-0.39, 0.29) is 18.7 Å². The van der Waals surface area contributed by atoms with Crippen LogP contribution in [0.5, 0.6) is 0 Å². The largest absolute Gasteiger partial charge is 0.459 e. The fourth-order valence-corrected chi connectivity index (χ4v) is 3.58. The highest BCUT2D eigenvalue weighted by Crippen LogP contribution is 2.32. The molecule has 0 N–H and O–H groups in total. The van der Waals surface area contributed by atoms with Crippen molar-refractivity contribution in [3.8, 4) is 0 Å². The van der Waals surface area contributed by atoms with Crippen LogP contribution in [-0.2, 0) is 14.2 Å². The van der Waals surface area contributed by atoms with E-state index in [9.17, 15) is 24.5 Å². The Hall–Kier alpha value is -4.31. The van der Waals surface area contributed by atoms with Crippen molar-refractivity contribution in [2.45, 2.75) is 24.9 Å². The molecule has 4 rings (SSSR count). The average Bonchev–Trinajstić information content (AvgIpc) is 3.26. The van der Waals surface area contributed by atoms with Gasteiger partial charge < -0.3 is 14.2 Å². The lowest BCUT2D eigenvalue weighted by atomic mass is 10.1. The molecule has 10 heteroatoms. The van der Waals surface area contributed by atoms with Crippen molar-refractivity contribution in [3.05, 3.63) is 111 Å². The van der Waals surface area contributed by atoms with Gasteiger partial charge in [0.15, 0.2) is 6.23 Å². The van der Waals surface area contributed by atoms with Crippen molar-refractivity contribution < 1.29 is 28.7 Å². The van der Waals surface area contributed by atoms with E-state index >= 15 is 0 Å². The molecule has 1 aliphatic rings. The van der Waals surface area contributed by atoms with E-state index in [1.807, 2.05) is 0 Å². The van der Waals surface area contributed by atoms with Crippen LogP contribution in [0.2, 0.25) is 0 Å². The van der Waals surface area contributed by atoms with Crippen LogP contribution in [0.1, 0.15) is 33.4 Å². The fraction of sp³-hybridized carbons (Fsp3) is 0.208. The average molecular weight is 464 g/mol. The number of hydrogen-bond donors (Lipinski definition) is 0. The van der Waals surface area contributed by atoms with Crippen LogP contribution in [0.15, 0.2) is 83.8 Å². The summed E-state index contributed by atoms with van der Waals surface area (Å²) in [6, 6.07) is 18.8. The monoisotopic (exact) mass is 464 g/mol. The van der Waals surface area contributed by atoms with Crippen molar-refractivity contribution in [2.75, 3.05) is 6.61 Å². The first-order chi connectivity index (χ1) is 16.4. The van der Waals surface area contributed by atoms with Crippen molar-refractivity contribution in [3.63, 3.8) is 0 Å². The highest BCUT2D eigenvalue weighted by molar-refractivity contribution is 5.89. The van der Waals surface area contributed by atoms with Crippen molar-refractivity contribution in [1.29, 1.82) is 0 Å². The second-order valence-corrected chi connectivity index (χ2v) is 7.55. The topological polar surface area (TPSA) is 127 Å². The van der Waals surface area contributed by atoms with Gasteiger partial charge in [0, 0.05) is 18.6 Å². The Labute approximate surface area is 193 Å². The summed E-state index contributed by atoms with van der Waals surface area (Å²) in [7, 11) is 0. The maximum absolute atomic E-state index is 12.6. The molecule has 3 atom stereocenters. The lowest BCUT2D eigenvalue weighted by molar-refractivity contribution is -0.385. The van der Waals surface area contributed by atoms with Gasteiger partial charge >= 0.3 is 11.9 Å². The standard InChI is InChI=1S/C24H20N2O8/c27-21-12-11-18(26(30)31)14-25(21)22-20(34-24(29)17-9-5-2-6-10-17)13-19(33-22)15-32-23(28)16-7-3-1-4-8-16/h1-12,14,19-20,22H,13,15H2/t19-,20+,22?/m0/s1. The van der Waals surface area contributed by atoms with E-state index in [0.29, 0.717) is 11.1 Å². The van der Waals surface area contributed by atoms with Gasteiger partial charge in [-0.3, -0.25) is 19.5 Å². The van der Waals surface area contributed by atoms with Crippen LogP contribution in [0.3, 0.4) is 0 Å². The number of benzene rings is 2. The quantitative estimate of drug-likeness (QED) is 0.296. The molecule has 10 nitrogen and oxygen atoms in total. The van der Waals surface area contributed by atoms with Gasteiger partial charge in [-0.15, -0.1) is 0 Å². The summed E-state index contributed by atoms with van der Waals surface area (Å²) in [5.74, 6) is -1.20. The molecule has 1 unspecified atom stereocenters. The predicted octanol–water partition coefficient (Wildman–Crippen LogP) is 3.13. The van der Waals surface area contributed by atoms with Crippen LogP contribution >= 0.6 is 0 Å². The molecule has 0 radical (unpaired) electrons. The number of nitrogens with zero attached hydrogens (tertiary/aromatic N) is 2. The minimum absolute atomic E-state index is 0.112. The SMILES string of the molecule is O=C(OC[C@@H]1C[C@@H](OC(=O)c2ccccc2)C(n2cc([N+](=O)[O-])ccc2=O)O1)c1ccccc1. The molecule has 1 fully saturated rings. The second kappa shape index (κ2) is 10.1. The van der Waals surface area contributed by atoms with Crippen LogP contribution in [0, 0.1) is 10.1 Å². The summed E-state index contributed by atoms with van der Waals surface area (Å²) in [6.07, 6.45) is -1.65. The zero-order valence-electron chi connectivity index (χ0n) is 17.8. The lowest BCUT2D eigenvalue weighted by Crippen LogP contribution is -2.32. The summed E-state index contributed by atoms with van der Waals surface area (Å²) >= 11 is 0. The number of carbonyl (C=O) groups excluding carboxylic acids is 2. The Morgan fingerprint density at radius 1 is 0.971 bits per heavy atom. The Balaban J connectivity index is 1.55. The first kappa shape index (κ1) is 22.9. The van der Waals surface area contributed by atoms with E-state index in [2.05, 4.69) is 0 Å². The first-order valence-corrected chi connectivity index (χ1v) is 10.4. The second-order valence-electron chi connectivity index (χ2n) is 7.55. The molecule has 0 saturated carbocycles. The molecule has 1 aliphatic heterocycles. The maximum Gasteiger partial charge on any atom is 0.338 e. The van der Waals surface area contributed by atoms with Crippen molar-refractivity contribution >= 4 is 17.6 Å². The fourth-order valence-electron chi connectivity index (χ4n) is 3.58. The number of esters is 2. The molecule has 174 valence electrons. The van der Waals surface area contributed by atoms with Gasteiger partial charge in [-0.05, 0) is 24.3 Å². The third kappa shape index (κ3) is 5.18. The molecule has 3 aromatic rings. The Morgan fingerprint density at radius 3 is 2.21 bits per heavy atom. The van der Waals surface area contributed by atoms with Gasteiger partial charge in [-0.2, -0.15) is 0 Å². The minimum Gasteiger partial charge on any atom is -0.459 e. The zero-order valence-corrected chi connectivity index (χ0v) is 17.8. The summed E-state index contributed by atoms with van der Waals surface area (Å²) in [5, 5.41) is 11.2. The first-order valence-electron chi connectivity index (χ1n) is 10.4. The number of aromatic nitrogens is 1. The molecule has 0 aliphatic carbocycles. The van der Waals surface area contributed by atoms with Gasteiger partial charge in [0.05, 0.1) is 28.4 Å². The maximum atomic E-state index is 12.6. The lowest BCUT2D eigenvalue weighted by Gasteiger charge is -2.21.